The molecular formula is C19H29N3O2. The maximum Gasteiger partial charge on any atom is 0.315 e. The highest BCUT2D eigenvalue weighted by molar-refractivity contribution is 5.74. The van der Waals surface area contributed by atoms with E-state index in [1.54, 1.807) is 0 Å². The molecule has 0 aromatic heterocycles. The van der Waals surface area contributed by atoms with Gasteiger partial charge in [-0.25, -0.2) is 4.79 Å². The van der Waals surface area contributed by atoms with E-state index >= 15 is 0 Å². The van der Waals surface area contributed by atoms with E-state index in [2.05, 4.69) is 46.7 Å². The molecule has 3 N–H and O–H groups in total. The van der Waals surface area contributed by atoms with Gasteiger partial charge in [0.1, 0.15) is 0 Å². The Labute approximate surface area is 144 Å². The molecule has 2 unspecified atom stereocenters. The monoisotopic (exact) mass is 331 g/mol. The Morgan fingerprint density at radius 2 is 2.08 bits per heavy atom. The number of aliphatic hydroxyl groups is 1. The Morgan fingerprint density at radius 3 is 2.71 bits per heavy atom. The Morgan fingerprint density at radius 1 is 1.33 bits per heavy atom. The molecule has 5 nitrogen and oxygen atoms in total. The van der Waals surface area contributed by atoms with Gasteiger partial charge in [0, 0.05) is 37.1 Å². The van der Waals surface area contributed by atoms with Crippen molar-refractivity contribution in [2.45, 2.75) is 51.2 Å². The Hall–Kier alpha value is -1.59. The predicted molar refractivity (Wildman–Crippen MR) is 94.6 cm³/mol. The number of aliphatic hydroxyl groups excluding tert-OH is 1. The number of rotatable bonds is 6. The molecule has 1 aliphatic heterocycles. The fourth-order valence-corrected chi connectivity index (χ4v) is 3.48. The molecule has 132 valence electrons. The highest BCUT2D eigenvalue weighted by Gasteiger charge is 2.42. The first-order valence-corrected chi connectivity index (χ1v) is 9.03. The first-order chi connectivity index (χ1) is 11.6. The minimum absolute atomic E-state index is 0.0380. The third kappa shape index (κ3) is 4.48. The van der Waals surface area contributed by atoms with Crippen LogP contribution in [0.3, 0.4) is 0 Å². The fourth-order valence-electron chi connectivity index (χ4n) is 3.48. The Balaban J connectivity index is 1.41. The third-order valence-corrected chi connectivity index (χ3v) is 5.49. The highest BCUT2D eigenvalue weighted by Crippen LogP contribution is 2.44. The maximum atomic E-state index is 12.1. The van der Waals surface area contributed by atoms with Gasteiger partial charge < -0.3 is 15.7 Å². The van der Waals surface area contributed by atoms with Crippen molar-refractivity contribution >= 4 is 6.03 Å². The summed E-state index contributed by atoms with van der Waals surface area (Å²) in [5.74, 6) is 0. The molecule has 2 amide bonds. The Kier molecular flexibility index (Phi) is 5.41. The van der Waals surface area contributed by atoms with Crippen LogP contribution in [0, 0.1) is 5.41 Å². The van der Waals surface area contributed by atoms with Crippen molar-refractivity contribution in [2.75, 3.05) is 19.7 Å². The summed E-state index contributed by atoms with van der Waals surface area (Å²) in [5, 5.41) is 15.3. The number of piperidine rings is 1. The molecule has 0 radical (unpaired) electrons. The van der Waals surface area contributed by atoms with Gasteiger partial charge in [-0.1, -0.05) is 30.3 Å². The molecule has 1 heterocycles. The number of likely N-dealkylation sites (tertiary alicyclic amines) is 1. The topological polar surface area (TPSA) is 64.6 Å². The summed E-state index contributed by atoms with van der Waals surface area (Å²) in [7, 11) is 0. The summed E-state index contributed by atoms with van der Waals surface area (Å²) < 4.78 is 0. The number of amides is 2. The van der Waals surface area contributed by atoms with E-state index in [9.17, 15) is 9.90 Å². The SMILES string of the molecule is CC1CC(NC(=O)NCC2(CO)CC2)CCN1Cc1ccccc1. The predicted octanol–water partition coefficient (Wildman–Crippen LogP) is 2.11. The third-order valence-electron chi connectivity index (χ3n) is 5.49. The van der Waals surface area contributed by atoms with E-state index < -0.39 is 0 Å². The van der Waals surface area contributed by atoms with E-state index in [4.69, 9.17) is 0 Å². The second kappa shape index (κ2) is 7.53. The zero-order chi connectivity index (χ0) is 17.0. The molecule has 2 atom stereocenters. The molecule has 24 heavy (non-hydrogen) atoms. The van der Waals surface area contributed by atoms with E-state index in [1.807, 2.05) is 6.07 Å². The second-order valence-corrected chi connectivity index (χ2v) is 7.51. The number of hydrogen-bond donors (Lipinski definition) is 3. The lowest BCUT2D eigenvalue weighted by molar-refractivity contribution is 0.129. The van der Waals surface area contributed by atoms with E-state index in [1.165, 1.54) is 5.56 Å². The van der Waals surface area contributed by atoms with Crippen molar-refractivity contribution in [1.82, 2.24) is 15.5 Å². The lowest BCUT2D eigenvalue weighted by Crippen LogP contribution is -2.51. The average molecular weight is 331 g/mol. The number of benzene rings is 1. The number of nitrogens with zero attached hydrogens (tertiary/aromatic N) is 1. The molecule has 2 aliphatic rings. The van der Waals surface area contributed by atoms with Gasteiger partial charge in [-0.15, -0.1) is 0 Å². The van der Waals surface area contributed by atoms with Gasteiger partial charge in [0.15, 0.2) is 0 Å². The molecule has 1 aliphatic carbocycles. The van der Waals surface area contributed by atoms with Crippen LogP contribution in [0.1, 0.15) is 38.2 Å². The molecule has 2 fully saturated rings. The second-order valence-electron chi connectivity index (χ2n) is 7.51. The number of carbonyl (C=O) groups excluding carboxylic acids is 1. The van der Waals surface area contributed by atoms with Crippen molar-refractivity contribution < 1.29 is 9.90 Å². The summed E-state index contributed by atoms with van der Waals surface area (Å²) in [4.78, 5) is 14.5. The molecule has 3 rings (SSSR count). The van der Waals surface area contributed by atoms with Gasteiger partial charge in [-0.2, -0.15) is 0 Å². The minimum atomic E-state index is -0.0940. The smallest absolute Gasteiger partial charge is 0.315 e. The van der Waals surface area contributed by atoms with Crippen molar-refractivity contribution in [3.63, 3.8) is 0 Å². The number of nitrogens with one attached hydrogen (secondary N) is 2. The molecular weight excluding hydrogens is 302 g/mol. The van der Waals surface area contributed by atoms with Gasteiger partial charge >= 0.3 is 6.03 Å². The summed E-state index contributed by atoms with van der Waals surface area (Å²) in [6, 6.07) is 11.1. The standard InChI is InChI=1S/C19H29N3O2/c1-15-11-17(21-18(24)20-13-19(14-23)8-9-19)7-10-22(15)12-16-5-3-2-4-6-16/h2-6,15,17,23H,7-14H2,1H3,(H2,20,21,24). The lowest BCUT2D eigenvalue weighted by Gasteiger charge is -2.38. The van der Waals surface area contributed by atoms with Crippen LogP contribution in [-0.2, 0) is 6.54 Å². The van der Waals surface area contributed by atoms with Crippen LogP contribution < -0.4 is 10.6 Å². The van der Waals surface area contributed by atoms with Crippen LogP contribution in [0.4, 0.5) is 4.79 Å². The molecule has 1 aromatic rings. The number of hydrogen-bond acceptors (Lipinski definition) is 3. The van der Waals surface area contributed by atoms with E-state index in [-0.39, 0.29) is 24.1 Å². The molecule has 0 spiro atoms. The number of carbonyl (C=O) groups is 1. The zero-order valence-electron chi connectivity index (χ0n) is 14.5. The molecule has 1 saturated heterocycles. The minimum Gasteiger partial charge on any atom is -0.396 e. The largest absolute Gasteiger partial charge is 0.396 e. The van der Waals surface area contributed by atoms with Crippen molar-refractivity contribution in [1.29, 1.82) is 0 Å². The maximum absolute atomic E-state index is 12.1. The van der Waals surface area contributed by atoms with Gasteiger partial charge in [0.25, 0.3) is 0 Å². The highest BCUT2D eigenvalue weighted by atomic mass is 16.3. The van der Waals surface area contributed by atoms with Crippen LogP contribution in [0.25, 0.3) is 0 Å². The molecule has 0 bridgehead atoms. The Bertz CT molecular complexity index is 545. The van der Waals surface area contributed by atoms with Gasteiger partial charge in [0.2, 0.25) is 0 Å². The first-order valence-electron chi connectivity index (χ1n) is 9.03. The van der Waals surface area contributed by atoms with Gasteiger partial charge in [0.05, 0.1) is 6.61 Å². The lowest BCUT2D eigenvalue weighted by atomic mass is 9.97. The summed E-state index contributed by atoms with van der Waals surface area (Å²) >= 11 is 0. The average Bonchev–Trinajstić information content (AvgIpc) is 3.37. The summed E-state index contributed by atoms with van der Waals surface area (Å²) in [5.41, 5.74) is 1.30. The van der Waals surface area contributed by atoms with E-state index in [0.29, 0.717) is 12.6 Å². The molecule has 5 heteroatoms. The van der Waals surface area contributed by atoms with Gasteiger partial charge in [-0.3, -0.25) is 4.90 Å². The molecule has 1 aromatic carbocycles. The number of urea groups is 1. The van der Waals surface area contributed by atoms with Crippen molar-refractivity contribution in [3.8, 4) is 0 Å². The van der Waals surface area contributed by atoms with Gasteiger partial charge in [-0.05, 0) is 38.2 Å². The molecule has 1 saturated carbocycles. The zero-order valence-corrected chi connectivity index (χ0v) is 14.5. The van der Waals surface area contributed by atoms with Crippen LogP contribution in [0.5, 0.6) is 0 Å². The van der Waals surface area contributed by atoms with Crippen LogP contribution in [0.15, 0.2) is 30.3 Å². The van der Waals surface area contributed by atoms with Crippen molar-refractivity contribution in [2.24, 2.45) is 5.41 Å². The normalized spacial score (nSPS) is 25.9. The summed E-state index contributed by atoms with van der Waals surface area (Å²) in [6.45, 7) is 4.96. The van der Waals surface area contributed by atoms with Crippen LogP contribution >= 0.6 is 0 Å². The van der Waals surface area contributed by atoms with Crippen LogP contribution in [0.2, 0.25) is 0 Å². The quantitative estimate of drug-likeness (QED) is 0.748. The van der Waals surface area contributed by atoms with Crippen LogP contribution in [-0.4, -0.2) is 47.8 Å². The van der Waals surface area contributed by atoms with E-state index in [0.717, 1.165) is 38.8 Å². The first kappa shape index (κ1) is 17.2. The summed E-state index contributed by atoms with van der Waals surface area (Å²) in [6.07, 6.45) is 3.98. The fraction of sp³-hybridized carbons (Fsp3) is 0.632. The van der Waals surface area contributed by atoms with Crippen molar-refractivity contribution in [3.05, 3.63) is 35.9 Å².